The van der Waals surface area contributed by atoms with Crippen LogP contribution in [0.15, 0.2) is 60.7 Å². The third-order valence-electron chi connectivity index (χ3n) is 3.95. The molecule has 0 fully saturated rings. The average molecular weight is 313 g/mol. The van der Waals surface area contributed by atoms with E-state index in [4.69, 9.17) is 4.74 Å². The molecule has 0 radical (unpaired) electrons. The molecule has 0 heterocycles. The Labute approximate surface area is 137 Å². The average Bonchev–Trinajstić information content (AvgIpc) is 2.62. The van der Waals surface area contributed by atoms with E-state index in [0.29, 0.717) is 6.54 Å². The van der Waals surface area contributed by atoms with Gasteiger partial charge in [-0.1, -0.05) is 67.6 Å². The molecule has 0 aliphatic heterocycles. The van der Waals surface area contributed by atoms with Crippen LogP contribution in [0.5, 0.6) is 0 Å². The number of aliphatic hydroxyl groups excluding tert-OH is 1. The maximum absolute atomic E-state index is 11.9. The topological polar surface area (TPSA) is 58.6 Å². The van der Waals surface area contributed by atoms with Crippen LogP contribution >= 0.6 is 0 Å². The number of benzene rings is 2. The number of ether oxygens (including phenoxy) is 1. The number of carbonyl (C=O) groups excluding carboxylic acids is 1. The lowest BCUT2D eigenvalue weighted by molar-refractivity contribution is -0.146. The van der Waals surface area contributed by atoms with Crippen molar-refractivity contribution in [2.24, 2.45) is 5.92 Å². The first-order valence-corrected chi connectivity index (χ1v) is 7.72. The first-order valence-electron chi connectivity index (χ1n) is 7.72. The molecule has 2 aromatic rings. The molecule has 122 valence electrons. The van der Waals surface area contributed by atoms with Gasteiger partial charge < -0.3 is 15.2 Å². The molecule has 0 spiro atoms. The van der Waals surface area contributed by atoms with Crippen LogP contribution in [0.1, 0.15) is 30.2 Å². The monoisotopic (exact) mass is 313 g/mol. The number of hydrogen-bond donors (Lipinski definition) is 2. The number of esters is 1. The first kappa shape index (κ1) is 17.2. The summed E-state index contributed by atoms with van der Waals surface area (Å²) in [5.41, 5.74) is 1.84. The summed E-state index contributed by atoms with van der Waals surface area (Å²) in [6.45, 7) is 2.18. The second-order valence-corrected chi connectivity index (χ2v) is 5.53. The van der Waals surface area contributed by atoms with Gasteiger partial charge in [0.15, 0.2) is 0 Å². The quantitative estimate of drug-likeness (QED) is 0.772. The van der Waals surface area contributed by atoms with Gasteiger partial charge in [-0.15, -0.1) is 0 Å². The maximum Gasteiger partial charge on any atom is 0.310 e. The predicted molar refractivity (Wildman–Crippen MR) is 89.8 cm³/mol. The zero-order valence-electron chi connectivity index (χ0n) is 13.5. The number of carbonyl (C=O) groups is 1. The number of hydrogen-bond acceptors (Lipinski definition) is 4. The Morgan fingerprint density at radius 3 is 2.09 bits per heavy atom. The largest absolute Gasteiger partial charge is 0.469 e. The summed E-state index contributed by atoms with van der Waals surface area (Å²) >= 11 is 0. The predicted octanol–water partition coefficient (Wildman–Crippen LogP) is 2.86. The van der Waals surface area contributed by atoms with Crippen molar-refractivity contribution >= 4 is 5.97 Å². The Bertz CT molecular complexity index is 601. The van der Waals surface area contributed by atoms with Gasteiger partial charge in [0.05, 0.1) is 19.1 Å². The highest BCUT2D eigenvalue weighted by atomic mass is 16.5. The highest BCUT2D eigenvalue weighted by molar-refractivity contribution is 5.73. The van der Waals surface area contributed by atoms with Crippen LogP contribution in [0.2, 0.25) is 0 Å². The van der Waals surface area contributed by atoms with E-state index in [1.54, 1.807) is 0 Å². The molecule has 0 saturated heterocycles. The molecule has 23 heavy (non-hydrogen) atoms. The molecule has 0 saturated carbocycles. The Hall–Kier alpha value is -2.17. The summed E-state index contributed by atoms with van der Waals surface area (Å²) in [5, 5.41) is 13.6. The van der Waals surface area contributed by atoms with Crippen molar-refractivity contribution in [3.05, 3.63) is 71.8 Å². The molecular weight excluding hydrogens is 290 g/mol. The summed E-state index contributed by atoms with van der Waals surface area (Å²) in [7, 11) is 1.39. The van der Waals surface area contributed by atoms with E-state index in [1.807, 2.05) is 67.6 Å². The fourth-order valence-electron chi connectivity index (χ4n) is 2.60. The van der Waals surface area contributed by atoms with Crippen molar-refractivity contribution < 1.29 is 14.6 Å². The summed E-state index contributed by atoms with van der Waals surface area (Å²) < 4.78 is 4.86. The van der Waals surface area contributed by atoms with Crippen molar-refractivity contribution in [2.75, 3.05) is 13.7 Å². The molecule has 3 atom stereocenters. The summed E-state index contributed by atoms with van der Waals surface area (Å²) in [6.07, 6.45) is -0.632. The minimum absolute atomic E-state index is 0.220. The number of rotatable bonds is 7. The van der Waals surface area contributed by atoms with Crippen LogP contribution in [0, 0.1) is 5.92 Å². The van der Waals surface area contributed by atoms with Crippen LogP contribution in [0.3, 0.4) is 0 Å². The normalized spacial score (nSPS) is 14.7. The minimum Gasteiger partial charge on any atom is -0.469 e. The zero-order valence-corrected chi connectivity index (χ0v) is 13.5. The molecular formula is C19H23NO3. The molecule has 0 aliphatic carbocycles. The number of methoxy groups -OCH3 is 1. The lowest BCUT2D eigenvalue weighted by Crippen LogP contribution is -2.34. The second-order valence-electron chi connectivity index (χ2n) is 5.53. The summed E-state index contributed by atoms with van der Waals surface area (Å²) in [6, 6.07) is 19.0. The SMILES string of the molecule is COC(=O)C(C)C(NCC(O)c1ccccc1)c1ccccc1. The van der Waals surface area contributed by atoms with Crippen LogP contribution in [0.4, 0.5) is 0 Å². The van der Waals surface area contributed by atoms with Gasteiger partial charge in [0.1, 0.15) is 0 Å². The van der Waals surface area contributed by atoms with Crippen molar-refractivity contribution in [1.82, 2.24) is 5.32 Å². The van der Waals surface area contributed by atoms with Gasteiger partial charge >= 0.3 is 5.97 Å². The molecule has 2 rings (SSSR count). The van der Waals surface area contributed by atoms with Crippen molar-refractivity contribution in [2.45, 2.75) is 19.1 Å². The molecule has 3 unspecified atom stereocenters. The third-order valence-corrected chi connectivity index (χ3v) is 3.95. The fraction of sp³-hybridized carbons (Fsp3) is 0.316. The highest BCUT2D eigenvalue weighted by Crippen LogP contribution is 2.24. The van der Waals surface area contributed by atoms with Gasteiger partial charge in [0.25, 0.3) is 0 Å². The van der Waals surface area contributed by atoms with Gasteiger partial charge in [-0.25, -0.2) is 0 Å². The standard InChI is InChI=1S/C19H23NO3/c1-14(19(22)23-2)18(16-11-7-4-8-12-16)20-13-17(21)15-9-5-3-6-10-15/h3-12,14,17-18,20-21H,13H2,1-2H3. The maximum atomic E-state index is 11.9. The molecule has 4 heteroatoms. The van der Waals surface area contributed by atoms with Crippen LogP contribution in [-0.2, 0) is 9.53 Å². The van der Waals surface area contributed by atoms with Crippen LogP contribution in [-0.4, -0.2) is 24.7 Å². The molecule has 0 aromatic heterocycles. The van der Waals surface area contributed by atoms with E-state index in [1.165, 1.54) is 7.11 Å². The van der Waals surface area contributed by atoms with Crippen LogP contribution < -0.4 is 5.32 Å². The van der Waals surface area contributed by atoms with E-state index in [9.17, 15) is 9.90 Å². The minimum atomic E-state index is -0.632. The Morgan fingerprint density at radius 2 is 1.57 bits per heavy atom. The summed E-state index contributed by atoms with van der Waals surface area (Å²) in [4.78, 5) is 11.9. The lowest BCUT2D eigenvalue weighted by Gasteiger charge is -2.25. The Kier molecular flexibility index (Phi) is 6.32. The van der Waals surface area contributed by atoms with E-state index in [-0.39, 0.29) is 17.9 Å². The van der Waals surface area contributed by atoms with E-state index < -0.39 is 6.10 Å². The van der Waals surface area contributed by atoms with Gasteiger partial charge in [0.2, 0.25) is 0 Å². The van der Waals surface area contributed by atoms with Crippen molar-refractivity contribution in [3.63, 3.8) is 0 Å². The fourth-order valence-corrected chi connectivity index (χ4v) is 2.60. The third kappa shape index (κ3) is 4.65. The van der Waals surface area contributed by atoms with Gasteiger partial charge in [-0.05, 0) is 11.1 Å². The van der Waals surface area contributed by atoms with Crippen LogP contribution in [0.25, 0.3) is 0 Å². The highest BCUT2D eigenvalue weighted by Gasteiger charge is 2.26. The van der Waals surface area contributed by atoms with Gasteiger partial charge in [-0.2, -0.15) is 0 Å². The summed E-state index contributed by atoms with van der Waals surface area (Å²) in [5.74, 6) is -0.633. The number of nitrogens with one attached hydrogen (secondary N) is 1. The number of aliphatic hydroxyl groups is 1. The first-order chi connectivity index (χ1) is 11.1. The van der Waals surface area contributed by atoms with E-state index >= 15 is 0 Å². The molecule has 0 aliphatic rings. The molecule has 2 N–H and O–H groups in total. The smallest absolute Gasteiger partial charge is 0.310 e. The molecule has 2 aromatic carbocycles. The van der Waals surface area contributed by atoms with Gasteiger partial charge in [0, 0.05) is 12.6 Å². The lowest BCUT2D eigenvalue weighted by atomic mass is 9.94. The molecule has 4 nitrogen and oxygen atoms in total. The second kappa shape index (κ2) is 8.46. The van der Waals surface area contributed by atoms with E-state index in [2.05, 4.69) is 5.32 Å². The molecule has 0 amide bonds. The van der Waals surface area contributed by atoms with Gasteiger partial charge in [-0.3, -0.25) is 4.79 Å². The zero-order chi connectivity index (χ0) is 16.7. The van der Waals surface area contributed by atoms with Crippen molar-refractivity contribution in [3.8, 4) is 0 Å². The van der Waals surface area contributed by atoms with E-state index in [0.717, 1.165) is 11.1 Å². The Morgan fingerprint density at radius 1 is 1.04 bits per heavy atom. The van der Waals surface area contributed by atoms with Crippen molar-refractivity contribution in [1.29, 1.82) is 0 Å². The molecule has 0 bridgehead atoms. The Balaban J connectivity index is 2.10.